The summed E-state index contributed by atoms with van der Waals surface area (Å²) < 4.78 is 0. The van der Waals surface area contributed by atoms with Crippen LogP contribution >= 0.6 is 11.6 Å². The van der Waals surface area contributed by atoms with Crippen LogP contribution in [0.2, 0.25) is 5.02 Å². The highest BCUT2D eigenvalue weighted by molar-refractivity contribution is 6.30. The van der Waals surface area contributed by atoms with Crippen LogP contribution in [0.1, 0.15) is 44.6 Å². The molecule has 104 valence electrons. The Morgan fingerprint density at radius 2 is 1.95 bits per heavy atom. The van der Waals surface area contributed by atoms with Gasteiger partial charge in [0.1, 0.15) is 0 Å². The van der Waals surface area contributed by atoms with Gasteiger partial charge in [0.2, 0.25) is 5.91 Å². The van der Waals surface area contributed by atoms with E-state index in [2.05, 4.69) is 19.2 Å². The van der Waals surface area contributed by atoms with Crippen LogP contribution in [0, 0.1) is 11.8 Å². The summed E-state index contributed by atoms with van der Waals surface area (Å²) in [5, 5.41) is 3.80. The number of hydrogen-bond acceptors (Lipinski definition) is 1. The van der Waals surface area contributed by atoms with E-state index in [1.807, 2.05) is 24.3 Å². The molecular formula is C16H22ClNO. The maximum absolute atomic E-state index is 12.3. The van der Waals surface area contributed by atoms with E-state index in [1.165, 1.54) is 0 Å². The maximum Gasteiger partial charge on any atom is 0.227 e. The smallest absolute Gasteiger partial charge is 0.227 e. The molecule has 2 rings (SSSR count). The largest absolute Gasteiger partial charge is 0.356 e. The lowest BCUT2D eigenvalue weighted by Gasteiger charge is -2.17. The van der Waals surface area contributed by atoms with Gasteiger partial charge in [-0.15, -0.1) is 0 Å². The van der Waals surface area contributed by atoms with Crippen LogP contribution in [-0.4, -0.2) is 12.5 Å². The summed E-state index contributed by atoms with van der Waals surface area (Å²) in [6, 6.07) is 7.70. The van der Waals surface area contributed by atoms with E-state index in [1.54, 1.807) is 0 Å². The van der Waals surface area contributed by atoms with Crippen LogP contribution in [0.25, 0.3) is 0 Å². The molecule has 1 amide bonds. The normalized spacial score (nSPS) is 16.4. The number of carbonyl (C=O) groups excluding carboxylic acids is 1. The molecule has 1 saturated carbocycles. The van der Waals surface area contributed by atoms with Crippen LogP contribution in [-0.2, 0) is 4.79 Å². The van der Waals surface area contributed by atoms with Crippen molar-refractivity contribution in [1.29, 1.82) is 0 Å². The zero-order chi connectivity index (χ0) is 13.8. The van der Waals surface area contributed by atoms with Gasteiger partial charge in [-0.2, -0.15) is 0 Å². The average Bonchev–Trinajstić information content (AvgIpc) is 3.16. The van der Waals surface area contributed by atoms with Crippen LogP contribution in [0.15, 0.2) is 24.3 Å². The highest BCUT2D eigenvalue weighted by Gasteiger charge is 2.36. The van der Waals surface area contributed by atoms with Crippen LogP contribution in [0.5, 0.6) is 0 Å². The van der Waals surface area contributed by atoms with Crippen LogP contribution in [0.3, 0.4) is 0 Å². The molecule has 0 saturated heterocycles. The molecule has 0 spiro atoms. The van der Waals surface area contributed by atoms with Gasteiger partial charge in [-0.05, 0) is 48.8 Å². The highest BCUT2D eigenvalue weighted by Crippen LogP contribution is 2.42. The lowest BCUT2D eigenvalue weighted by atomic mass is 9.93. The second-order valence-electron chi connectivity index (χ2n) is 5.84. The van der Waals surface area contributed by atoms with Crippen molar-refractivity contribution < 1.29 is 4.79 Å². The van der Waals surface area contributed by atoms with E-state index < -0.39 is 0 Å². The summed E-state index contributed by atoms with van der Waals surface area (Å²) in [6.07, 6.45) is 3.35. The highest BCUT2D eigenvalue weighted by atomic mass is 35.5. The lowest BCUT2D eigenvalue weighted by molar-refractivity contribution is -0.123. The van der Waals surface area contributed by atoms with E-state index in [4.69, 9.17) is 11.6 Å². The van der Waals surface area contributed by atoms with Crippen molar-refractivity contribution >= 4 is 17.5 Å². The molecule has 1 fully saturated rings. The number of nitrogens with one attached hydrogen (secondary N) is 1. The van der Waals surface area contributed by atoms with E-state index in [0.717, 1.165) is 36.4 Å². The summed E-state index contributed by atoms with van der Waals surface area (Å²) in [7, 11) is 0. The Bertz CT molecular complexity index is 423. The molecule has 1 aromatic rings. The van der Waals surface area contributed by atoms with Crippen LogP contribution < -0.4 is 5.32 Å². The molecule has 0 aliphatic heterocycles. The maximum atomic E-state index is 12.3. The predicted molar refractivity (Wildman–Crippen MR) is 79.4 cm³/mol. The fourth-order valence-electron chi connectivity index (χ4n) is 2.33. The Labute approximate surface area is 120 Å². The SMILES string of the molecule is CC(C)CCNC(=O)C(c1ccc(Cl)cc1)C1CC1. The summed E-state index contributed by atoms with van der Waals surface area (Å²) in [5.74, 6) is 1.31. The molecule has 2 nitrogen and oxygen atoms in total. The van der Waals surface area contributed by atoms with Crippen molar-refractivity contribution in [3.63, 3.8) is 0 Å². The summed E-state index contributed by atoms with van der Waals surface area (Å²) in [6.45, 7) is 5.11. The minimum atomic E-state index is 0.00410. The molecule has 1 atom stereocenters. The molecule has 1 aromatic carbocycles. The van der Waals surface area contributed by atoms with E-state index >= 15 is 0 Å². The Hall–Kier alpha value is -1.02. The molecule has 1 aliphatic carbocycles. The first-order valence-electron chi connectivity index (χ1n) is 7.11. The molecule has 1 N–H and O–H groups in total. The Morgan fingerprint density at radius 1 is 1.32 bits per heavy atom. The van der Waals surface area contributed by atoms with Gasteiger partial charge in [-0.3, -0.25) is 4.79 Å². The van der Waals surface area contributed by atoms with Gasteiger partial charge >= 0.3 is 0 Å². The lowest BCUT2D eigenvalue weighted by Crippen LogP contribution is -2.31. The standard InChI is InChI=1S/C16H22ClNO/c1-11(2)9-10-18-16(19)15(12-3-4-12)13-5-7-14(17)8-6-13/h5-8,11-12,15H,3-4,9-10H2,1-2H3,(H,18,19). The van der Waals surface area contributed by atoms with Crippen molar-refractivity contribution in [2.75, 3.05) is 6.54 Å². The monoisotopic (exact) mass is 279 g/mol. The summed E-state index contributed by atoms with van der Waals surface area (Å²) in [5.41, 5.74) is 1.09. The third kappa shape index (κ3) is 4.24. The molecule has 0 aromatic heterocycles. The predicted octanol–water partition coefficient (Wildman–Crippen LogP) is 4.00. The zero-order valence-corrected chi connectivity index (χ0v) is 12.4. The van der Waals surface area contributed by atoms with Crippen molar-refractivity contribution in [2.45, 2.75) is 39.0 Å². The summed E-state index contributed by atoms with van der Waals surface area (Å²) >= 11 is 5.91. The minimum absolute atomic E-state index is 0.00410. The summed E-state index contributed by atoms with van der Waals surface area (Å²) in [4.78, 5) is 12.3. The van der Waals surface area contributed by atoms with Gasteiger partial charge in [-0.25, -0.2) is 0 Å². The van der Waals surface area contributed by atoms with Gasteiger partial charge in [-0.1, -0.05) is 37.6 Å². The Balaban J connectivity index is 1.99. The number of halogens is 1. The molecule has 0 bridgehead atoms. The zero-order valence-electron chi connectivity index (χ0n) is 11.7. The third-order valence-electron chi connectivity index (χ3n) is 3.63. The van der Waals surface area contributed by atoms with Crippen molar-refractivity contribution in [3.05, 3.63) is 34.9 Å². The topological polar surface area (TPSA) is 29.1 Å². The van der Waals surface area contributed by atoms with E-state index in [-0.39, 0.29) is 11.8 Å². The van der Waals surface area contributed by atoms with Crippen molar-refractivity contribution in [1.82, 2.24) is 5.32 Å². The molecule has 3 heteroatoms. The first-order chi connectivity index (χ1) is 9.08. The molecular weight excluding hydrogens is 258 g/mol. The van der Waals surface area contributed by atoms with E-state index in [9.17, 15) is 4.79 Å². The number of rotatable bonds is 6. The molecule has 0 heterocycles. The fraction of sp³-hybridized carbons (Fsp3) is 0.562. The van der Waals surface area contributed by atoms with Crippen molar-refractivity contribution in [3.8, 4) is 0 Å². The first kappa shape index (κ1) is 14.4. The second-order valence-corrected chi connectivity index (χ2v) is 6.28. The molecule has 1 unspecified atom stereocenters. The second kappa shape index (κ2) is 6.42. The van der Waals surface area contributed by atoms with Gasteiger partial charge in [0.15, 0.2) is 0 Å². The quantitative estimate of drug-likeness (QED) is 0.838. The molecule has 0 radical (unpaired) electrons. The van der Waals surface area contributed by atoms with Crippen LogP contribution in [0.4, 0.5) is 0 Å². The van der Waals surface area contributed by atoms with Gasteiger partial charge < -0.3 is 5.32 Å². The third-order valence-corrected chi connectivity index (χ3v) is 3.88. The van der Waals surface area contributed by atoms with Gasteiger partial charge in [0, 0.05) is 11.6 Å². The molecule has 19 heavy (non-hydrogen) atoms. The van der Waals surface area contributed by atoms with E-state index in [0.29, 0.717) is 11.8 Å². The number of hydrogen-bond donors (Lipinski definition) is 1. The first-order valence-corrected chi connectivity index (χ1v) is 7.49. The average molecular weight is 280 g/mol. The number of amides is 1. The van der Waals surface area contributed by atoms with Gasteiger partial charge in [0.05, 0.1) is 5.92 Å². The van der Waals surface area contributed by atoms with Gasteiger partial charge in [0.25, 0.3) is 0 Å². The number of carbonyl (C=O) groups is 1. The number of benzene rings is 1. The van der Waals surface area contributed by atoms with Crippen molar-refractivity contribution in [2.24, 2.45) is 11.8 Å². The Kier molecular flexibility index (Phi) is 4.87. The Morgan fingerprint density at radius 3 is 2.47 bits per heavy atom. The molecule has 1 aliphatic rings. The minimum Gasteiger partial charge on any atom is -0.356 e. The fourth-order valence-corrected chi connectivity index (χ4v) is 2.46.